The average Bonchev–Trinajstić information content (AvgIpc) is 2.58. The molecule has 0 aliphatic heterocycles. The van der Waals surface area contributed by atoms with E-state index in [0.717, 1.165) is 30.8 Å². The van der Waals surface area contributed by atoms with Crippen molar-refractivity contribution in [2.24, 2.45) is 0 Å². The number of benzene rings is 2. The van der Waals surface area contributed by atoms with Crippen LogP contribution in [0, 0.1) is 6.92 Å². The minimum absolute atomic E-state index is 0.00321. The number of rotatable bonds is 9. The van der Waals surface area contributed by atoms with Gasteiger partial charge in [0.25, 0.3) is 0 Å². The second-order valence-corrected chi connectivity index (χ2v) is 6.21. The summed E-state index contributed by atoms with van der Waals surface area (Å²) in [6.45, 7) is 4.19. The number of carbonyl (C=O) groups excluding carboxylic acids is 1. The van der Waals surface area contributed by atoms with Crippen LogP contribution in [0.25, 0.3) is 0 Å². The van der Waals surface area contributed by atoms with Crippen LogP contribution in [0.15, 0.2) is 48.5 Å². The predicted molar refractivity (Wildman–Crippen MR) is 102 cm³/mol. The van der Waals surface area contributed by atoms with Gasteiger partial charge in [0.1, 0.15) is 0 Å². The molecule has 0 saturated heterocycles. The summed E-state index contributed by atoms with van der Waals surface area (Å²) in [6, 6.07) is 15.6. The number of hydrogen-bond acceptors (Lipinski definition) is 4. The first-order valence-corrected chi connectivity index (χ1v) is 8.61. The average molecular weight is 341 g/mol. The van der Waals surface area contributed by atoms with Gasteiger partial charge in [-0.15, -0.1) is 0 Å². The molecule has 0 aromatic heterocycles. The van der Waals surface area contributed by atoms with Crippen LogP contribution in [0.5, 0.6) is 0 Å². The molecule has 4 N–H and O–H groups in total. The fourth-order valence-corrected chi connectivity index (χ4v) is 2.76. The highest BCUT2D eigenvalue weighted by Crippen LogP contribution is 2.18. The third-order valence-corrected chi connectivity index (χ3v) is 4.07. The maximum absolute atomic E-state index is 12.1. The number of carbonyl (C=O) groups is 1. The SMILES string of the molecule is Cc1cc(N)ccc1NC(=O)CCCN(CCO)Cc1ccccc1. The Labute approximate surface area is 149 Å². The van der Waals surface area contributed by atoms with Gasteiger partial charge in [-0.3, -0.25) is 9.69 Å². The summed E-state index contributed by atoms with van der Waals surface area (Å²) >= 11 is 0. The molecule has 0 aliphatic rings. The van der Waals surface area contributed by atoms with Gasteiger partial charge in [-0.2, -0.15) is 0 Å². The van der Waals surface area contributed by atoms with E-state index in [1.165, 1.54) is 5.56 Å². The normalized spacial score (nSPS) is 10.8. The zero-order valence-electron chi connectivity index (χ0n) is 14.7. The molecule has 1 amide bonds. The molecule has 0 heterocycles. The summed E-state index contributed by atoms with van der Waals surface area (Å²) in [5.74, 6) is -0.00321. The largest absolute Gasteiger partial charge is 0.399 e. The van der Waals surface area contributed by atoms with Crippen LogP contribution in [0.2, 0.25) is 0 Å². The lowest BCUT2D eigenvalue weighted by Gasteiger charge is -2.21. The summed E-state index contributed by atoms with van der Waals surface area (Å²) in [4.78, 5) is 14.3. The first kappa shape index (κ1) is 19.0. The molecule has 2 aromatic rings. The van der Waals surface area contributed by atoms with Gasteiger partial charge in [0.2, 0.25) is 5.91 Å². The van der Waals surface area contributed by atoms with Gasteiger partial charge in [-0.1, -0.05) is 30.3 Å². The Balaban J connectivity index is 1.79. The second-order valence-electron chi connectivity index (χ2n) is 6.21. The highest BCUT2D eigenvalue weighted by Gasteiger charge is 2.09. The molecule has 0 spiro atoms. The zero-order chi connectivity index (χ0) is 18.1. The van der Waals surface area contributed by atoms with Crippen molar-refractivity contribution < 1.29 is 9.90 Å². The van der Waals surface area contributed by atoms with E-state index < -0.39 is 0 Å². The summed E-state index contributed by atoms with van der Waals surface area (Å²) < 4.78 is 0. The molecular weight excluding hydrogens is 314 g/mol. The predicted octanol–water partition coefficient (Wildman–Crippen LogP) is 2.79. The Kier molecular flexibility index (Phi) is 7.44. The Morgan fingerprint density at radius 2 is 1.92 bits per heavy atom. The highest BCUT2D eigenvalue weighted by molar-refractivity contribution is 5.91. The van der Waals surface area contributed by atoms with Crippen molar-refractivity contribution in [2.75, 3.05) is 30.7 Å². The van der Waals surface area contributed by atoms with Gasteiger partial charge < -0.3 is 16.2 Å². The van der Waals surface area contributed by atoms with Gasteiger partial charge in [-0.05, 0) is 49.2 Å². The molecule has 5 nitrogen and oxygen atoms in total. The maximum atomic E-state index is 12.1. The van der Waals surface area contributed by atoms with E-state index in [4.69, 9.17) is 5.73 Å². The Bertz CT molecular complexity index is 674. The third kappa shape index (κ3) is 6.57. The zero-order valence-corrected chi connectivity index (χ0v) is 14.7. The van der Waals surface area contributed by atoms with E-state index in [9.17, 15) is 9.90 Å². The highest BCUT2D eigenvalue weighted by atomic mass is 16.3. The van der Waals surface area contributed by atoms with E-state index in [-0.39, 0.29) is 12.5 Å². The third-order valence-electron chi connectivity index (χ3n) is 4.07. The fourth-order valence-electron chi connectivity index (χ4n) is 2.76. The van der Waals surface area contributed by atoms with Crippen molar-refractivity contribution in [3.8, 4) is 0 Å². The van der Waals surface area contributed by atoms with E-state index >= 15 is 0 Å². The van der Waals surface area contributed by atoms with Crippen LogP contribution < -0.4 is 11.1 Å². The molecule has 0 radical (unpaired) electrons. The van der Waals surface area contributed by atoms with Crippen LogP contribution in [0.4, 0.5) is 11.4 Å². The van der Waals surface area contributed by atoms with Crippen molar-refractivity contribution in [1.82, 2.24) is 4.90 Å². The number of nitrogen functional groups attached to an aromatic ring is 1. The summed E-state index contributed by atoms with van der Waals surface area (Å²) in [6.07, 6.45) is 1.19. The van der Waals surface area contributed by atoms with Crippen LogP contribution >= 0.6 is 0 Å². The Hall–Kier alpha value is -2.37. The lowest BCUT2D eigenvalue weighted by molar-refractivity contribution is -0.116. The van der Waals surface area contributed by atoms with E-state index in [1.54, 1.807) is 6.07 Å². The number of anilines is 2. The first-order chi connectivity index (χ1) is 12.1. The van der Waals surface area contributed by atoms with Crippen molar-refractivity contribution in [3.63, 3.8) is 0 Å². The van der Waals surface area contributed by atoms with E-state index in [2.05, 4.69) is 22.3 Å². The molecule has 2 rings (SSSR count). The summed E-state index contributed by atoms with van der Waals surface area (Å²) in [5.41, 5.74) is 9.38. The number of hydrogen-bond donors (Lipinski definition) is 3. The summed E-state index contributed by atoms with van der Waals surface area (Å²) in [5, 5.41) is 12.2. The number of nitrogens with one attached hydrogen (secondary N) is 1. The molecule has 0 fully saturated rings. The van der Waals surface area contributed by atoms with E-state index in [0.29, 0.717) is 18.7 Å². The van der Waals surface area contributed by atoms with Crippen molar-refractivity contribution in [2.45, 2.75) is 26.3 Å². The number of aryl methyl sites for hydroxylation is 1. The number of aliphatic hydroxyl groups is 1. The molecule has 0 atom stereocenters. The van der Waals surface area contributed by atoms with Crippen LogP contribution in [0.1, 0.15) is 24.0 Å². The number of nitrogens with two attached hydrogens (primary N) is 1. The molecule has 2 aromatic carbocycles. The Morgan fingerprint density at radius 1 is 1.16 bits per heavy atom. The molecule has 134 valence electrons. The molecule has 0 bridgehead atoms. The number of amides is 1. The van der Waals surface area contributed by atoms with Crippen LogP contribution in [-0.4, -0.2) is 35.6 Å². The first-order valence-electron chi connectivity index (χ1n) is 8.61. The minimum atomic E-state index is -0.00321. The quantitative estimate of drug-likeness (QED) is 0.613. The standard InChI is InChI=1S/C20H27N3O2/c1-16-14-18(21)9-10-19(16)22-20(25)8-5-11-23(12-13-24)15-17-6-3-2-4-7-17/h2-4,6-7,9-10,14,24H,5,8,11-13,15,21H2,1H3,(H,22,25). The van der Waals surface area contributed by atoms with Gasteiger partial charge >= 0.3 is 0 Å². The minimum Gasteiger partial charge on any atom is -0.399 e. The Morgan fingerprint density at radius 3 is 2.60 bits per heavy atom. The van der Waals surface area contributed by atoms with Crippen molar-refractivity contribution in [1.29, 1.82) is 0 Å². The van der Waals surface area contributed by atoms with Gasteiger partial charge in [0, 0.05) is 30.9 Å². The van der Waals surface area contributed by atoms with Crippen molar-refractivity contribution in [3.05, 3.63) is 59.7 Å². The second kappa shape index (κ2) is 9.81. The molecule has 0 unspecified atom stereocenters. The maximum Gasteiger partial charge on any atom is 0.224 e. The van der Waals surface area contributed by atoms with Gasteiger partial charge in [-0.25, -0.2) is 0 Å². The number of aliphatic hydroxyl groups excluding tert-OH is 1. The van der Waals surface area contributed by atoms with Crippen LogP contribution in [0.3, 0.4) is 0 Å². The smallest absolute Gasteiger partial charge is 0.224 e. The van der Waals surface area contributed by atoms with Crippen LogP contribution in [-0.2, 0) is 11.3 Å². The van der Waals surface area contributed by atoms with Crippen molar-refractivity contribution >= 4 is 17.3 Å². The monoisotopic (exact) mass is 341 g/mol. The topological polar surface area (TPSA) is 78.6 Å². The molecular formula is C20H27N3O2. The van der Waals surface area contributed by atoms with Gasteiger partial charge in [0.05, 0.1) is 6.61 Å². The lowest BCUT2D eigenvalue weighted by Crippen LogP contribution is -2.28. The lowest BCUT2D eigenvalue weighted by atomic mass is 10.1. The molecule has 0 aliphatic carbocycles. The molecule has 25 heavy (non-hydrogen) atoms. The molecule has 0 saturated carbocycles. The summed E-state index contributed by atoms with van der Waals surface area (Å²) in [7, 11) is 0. The fraction of sp³-hybridized carbons (Fsp3) is 0.350. The van der Waals surface area contributed by atoms with E-state index in [1.807, 2.05) is 37.3 Å². The number of nitrogens with zero attached hydrogens (tertiary/aromatic N) is 1. The molecule has 5 heteroatoms. The van der Waals surface area contributed by atoms with Gasteiger partial charge in [0.15, 0.2) is 0 Å².